The molecule has 21 nitrogen and oxygen atoms in total. The number of carbonyl (C=O) groups excluding carboxylic acids is 3. The van der Waals surface area contributed by atoms with Gasteiger partial charge >= 0.3 is 7.12 Å². The van der Waals surface area contributed by atoms with Gasteiger partial charge in [-0.25, -0.2) is 29.0 Å². The first-order valence-corrected chi connectivity index (χ1v) is 34.8. The molecule has 1 saturated heterocycles. The Morgan fingerprint density at radius 3 is 1.30 bits per heavy atom. The van der Waals surface area contributed by atoms with E-state index in [4.69, 9.17) is 59.5 Å². The number of nitrogens with one attached hydrogen (secondary N) is 1. The Morgan fingerprint density at radius 1 is 0.520 bits per heavy atom. The molecule has 0 bridgehead atoms. The van der Waals surface area contributed by atoms with E-state index in [1.54, 1.807) is 68.1 Å². The van der Waals surface area contributed by atoms with Gasteiger partial charge in [-0.15, -0.1) is 0 Å². The predicted molar refractivity (Wildman–Crippen MR) is 401 cm³/mol. The number of carbonyl (C=O) groups is 3. The van der Waals surface area contributed by atoms with Crippen LogP contribution in [0.5, 0.6) is 0 Å². The topological polar surface area (TPSA) is 234 Å². The number of aromatic nitrogens is 9. The van der Waals surface area contributed by atoms with E-state index in [0.29, 0.717) is 62.5 Å². The zero-order chi connectivity index (χ0) is 71.6. The monoisotopic (exact) mass is 1410 g/mol. The molecule has 0 saturated carbocycles. The Morgan fingerprint density at radius 2 is 0.900 bits per heavy atom. The van der Waals surface area contributed by atoms with Gasteiger partial charge in [0.1, 0.15) is 37.3 Å². The lowest BCUT2D eigenvalue weighted by Crippen LogP contribution is -2.41. The lowest BCUT2D eigenvalue weighted by atomic mass is 9.80. The molecule has 0 spiro atoms. The molecule has 1 aliphatic rings. The van der Waals surface area contributed by atoms with Gasteiger partial charge in [0.2, 0.25) is 5.91 Å². The number of alkyl halides is 1. The smallest absolute Gasteiger partial charge is 0.399 e. The number of ether oxygens (including phenoxy) is 3. The molecule has 6 aromatic heterocycles. The maximum absolute atomic E-state index is 13.0. The van der Waals surface area contributed by atoms with E-state index >= 15 is 0 Å². The zero-order valence-corrected chi connectivity index (χ0v) is 61.2. The number of nitrogens with zero attached hydrogens (tertiary/aromatic N) is 11. The molecule has 5 aromatic carbocycles. The summed E-state index contributed by atoms with van der Waals surface area (Å²) >= 11 is 3.16. The third-order valence-electron chi connectivity index (χ3n) is 17.6. The van der Waals surface area contributed by atoms with Crippen LogP contribution in [0.4, 0.5) is 11.4 Å². The van der Waals surface area contributed by atoms with Gasteiger partial charge in [0.25, 0.3) is 11.8 Å². The van der Waals surface area contributed by atoms with Gasteiger partial charge in [0, 0.05) is 122 Å². The fraction of sp³-hybridized carbons (Fsp3) is 0.338. The van der Waals surface area contributed by atoms with Gasteiger partial charge in [-0.1, -0.05) is 122 Å². The van der Waals surface area contributed by atoms with Crippen molar-refractivity contribution in [3.8, 4) is 56.0 Å². The van der Waals surface area contributed by atoms with Crippen LogP contribution in [0.2, 0.25) is 0 Å². The first-order chi connectivity index (χ1) is 48.0. The highest BCUT2D eigenvalue weighted by Crippen LogP contribution is 2.39. The van der Waals surface area contributed by atoms with E-state index in [0.717, 1.165) is 125 Å². The van der Waals surface area contributed by atoms with Crippen LogP contribution in [0.25, 0.3) is 89.1 Å². The second-order valence-electron chi connectivity index (χ2n) is 26.2. The molecule has 3 N–H and O–H groups in total. The number of nitrogen functional groups attached to an aromatic ring is 1. The molecule has 100 heavy (non-hydrogen) atoms. The maximum Gasteiger partial charge on any atom is 0.496 e. The summed E-state index contributed by atoms with van der Waals surface area (Å²) in [7, 11) is 6.33. The third-order valence-corrected chi connectivity index (χ3v) is 18.1. The van der Waals surface area contributed by atoms with Crippen LogP contribution in [0.15, 0.2) is 146 Å². The molecule has 0 radical (unpaired) electrons. The Balaban J connectivity index is 0.000000163. The molecule has 1 aliphatic heterocycles. The summed E-state index contributed by atoms with van der Waals surface area (Å²) in [5.41, 5.74) is 22.8. The highest BCUT2D eigenvalue weighted by atomic mass is 79.9. The number of fused-ring (bicyclic) bond motifs is 3. The standard InChI is InChI=1S/C28H30BrN5O3.C26H29N5O2.C23H30BN3O3/c1-5-12-37-17-34-27-23(26(32-34)21-9-7-6-8-18(21)2)14-20(16-30-27)19-10-11-24(31-25(35)15-29)22(13-19)28(36)33(3)4;1-5-12-33-16-31-25-22(24(29-31)20-9-7-6-8-17(20)2)14-19(15-28-25)18-10-11-23(27)21(13-18)26(32)30(3)4;1-7-12-28-15-27-21-19(20(26-27)18-11-9-8-10-16(18)2)13-17(14-25-21)24-29-22(3,4)23(5,6)30-24/h6-11,13-14,16H,5,12,15,17H2,1-4H3,(H,31,35);6-11,13-15H,5,12,16,27H2,1-4H3;8-11,13-14H,7,12,15H2,1-6H3. The normalized spacial score (nSPS) is 13.1. The van der Waals surface area contributed by atoms with Crippen molar-refractivity contribution in [1.29, 1.82) is 0 Å². The van der Waals surface area contributed by atoms with Gasteiger partial charge in [-0.3, -0.25) is 14.4 Å². The number of hydrogen-bond acceptors (Lipinski definition) is 15. The number of pyridine rings is 3. The van der Waals surface area contributed by atoms with Crippen LogP contribution in [-0.2, 0) is 48.5 Å². The molecule has 3 amide bonds. The number of aryl methyl sites for hydroxylation is 3. The lowest BCUT2D eigenvalue weighted by Gasteiger charge is -2.32. The number of rotatable bonds is 22. The van der Waals surface area contributed by atoms with Crippen molar-refractivity contribution in [2.24, 2.45) is 0 Å². The average molecular weight is 1420 g/mol. The van der Waals surface area contributed by atoms with Crippen molar-refractivity contribution in [2.45, 2.75) is 120 Å². The van der Waals surface area contributed by atoms with Gasteiger partial charge in [0.05, 0.1) is 33.3 Å². The number of anilines is 2. The Labute approximate surface area is 593 Å². The summed E-state index contributed by atoms with van der Waals surface area (Å²) in [6.45, 7) is 23.7. The first-order valence-electron chi connectivity index (χ1n) is 33.7. The van der Waals surface area contributed by atoms with Crippen molar-refractivity contribution in [3.05, 3.63) is 174 Å². The number of hydrogen-bond donors (Lipinski definition) is 2. The van der Waals surface area contributed by atoms with Crippen molar-refractivity contribution in [2.75, 3.05) is 64.4 Å². The molecule has 12 rings (SSSR count). The van der Waals surface area contributed by atoms with Gasteiger partial charge in [-0.2, -0.15) is 15.3 Å². The van der Waals surface area contributed by atoms with E-state index < -0.39 is 18.3 Å². The molecule has 11 aromatic rings. The predicted octanol–water partition coefficient (Wildman–Crippen LogP) is 14.3. The lowest BCUT2D eigenvalue weighted by molar-refractivity contribution is -0.113. The third kappa shape index (κ3) is 16.2. The minimum atomic E-state index is -0.462. The largest absolute Gasteiger partial charge is 0.496 e. The Hall–Kier alpha value is -9.49. The maximum atomic E-state index is 13.0. The molecule has 520 valence electrons. The van der Waals surface area contributed by atoms with Gasteiger partial charge < -0.3 is 44.4 Å². The number of amides is 3. The van der Waals surface area contributed by atoms with Crippen molar-refractivity contribution < 1.29 is 37.9 Å². The van der Waals surface area contributed by atoms with Crippen LogP contribution < -0.4 is 16.5 Å². The van der Waals surface area contributed by atoms with E-state index in [1.807, 2.05) is 71.5 Å². The Bertz CT molecular complexity index is 4740. The SMILES string of the molecule is CCCOCn1nc(-c2ccccc2C)c2cc(-c3ccc(N)c(C(=O)N(C)C)c3)cnc21.CCCOCn1nc(-c2ccccc2C)c2cc(-c3ccc(NC(=O)CBr)c(C(=O)N(C)C)c3)cnc21.CCCOCn1nc(-c2ccccc2C)c2cc(B3OC(C)(C)C(C)(C)O3)cnc21. The van der Waals surface area contributed by atoms with E-state index in [1.165, 1.54) is 15.4 Å². The van der Waals surface area contributed by atoms with Crippen molar-refractivity contribution >= 4 is 90.7 Å². The molecular formula is C77H89BBrN13O8. The minimum Gasteiger partial charge on any atom is -0.399 e. The zero-order valence-electron chi connectivity index (χ0n) is 59.6. The number of nitrogens with two attached hydrogens (primary N) is 1. The van der Waals surface area contributed by atoms with Crippen LogP contribution in [0, 0.1) is 20.8 Å². The fourth-order valence-corrected chi connectivity index (χ4v) is 11.6. The molecule has 0 unspecified atom stereocenters. The van der Waals surface area contributed by atoms with Crippen LogP contribution >= 0.6 is 15.9 Å². The van der Waals surface area contributed by atoms with E-state index in [9.17, 15) is 14.4 Å². The molecular weight excluding hydrogens is 1330 g/mol. The van der Waals surface area contributed by atoms with E-state index in [-0.39, 0.29) is 23.1 Å². The summed E-state index contributed by atoms with van der Waals surface area (Å²) in [5, 5.41) is 20.3. The van der Waals surface area contributed by atoms with Crippen LogP contribution in [0.1, 0.15) is 105 Å². The summed E-state index contributed by atoms with van der Waals surface area (Å²) in [6.07, 6.45) is 8.22. The van der Waals surface area contributed by atoms with Crippen molar-refractivity contribution in [1.82, 2.24) is 54.1 Å². The highest BCUT2D eigenvalue weighted by molar-refractivity contribution is 9.09. The number of halogens is 1. The van der Waals surface area contributed by atoms with Gasteiger partial charge in [-0.05, 0) is 138 Å². The first kappa shape index (κ1) is 73.2. The van der Waals surface area contributed by atoms with Crippen LogP contribution in [0.3, 0.4) is 0 Å². The Kier molecular flexibility index (Phi) is 23.6. The average Bonchev–Trinajstić information content (AvgIpc) is 1.61. The number of benzene rings is 5. The second kappa shape index (κ2) is 32.2. The second-order valence-corrected chi connectivity index (χ2v) is 26.7. The van der Waals surface area contributed by atoms with Crippen LogP contribution in [-0.4, -0.2) is 143 Å². The minimum absolute atomic E-state index is 0.134. The molecule has 7 heterocycles. The van der Waals surface area contributed by atoms with Gasteiger partial charge in [0.15, 0.2) is 16.9 Å². The fourth-order valence-electron chi connectivity index (χ4n) is 11.5. The molecule has 0 atom stereocenters. The molecule has 0 aliphatic carbocycles. The highest BCUT2D eigenvalue weighted by Gasteiger charge is 2.52. The van der Waals surface area contributed by atoms with E-state index in [2.05, 4.69) is 139 Å². The molecule has 1 fully saturated rings. The summed E-state index contributed by atoms with van der Waals surface area (Å²) < 4.78 is 35.2. The summed E-state index contributed by atoms with van der Waals surface area (Å²) in [5.74, 6) is -0.573. The van der Waals surface area contributed by atoms with Crippen molar-refractivity contribution in [3.63, 3.8) is 0 Å². The molecule has 23 heteroatoms. The summed E-state index contributed by atoms with van der Waals surface area (Å²) in [4.78, 5) is 54.8. The quantitative estimate of drug-likeness (QED) is 0.0278. The summed E-state index contributed by atoms with van der Waals surface area (Å²) in [6, 6.07) is 41.7.